The molecule has 0 aliphatic carbocycles. The lowest BCUT2D eigenvalue weighted by Gasteiger charge is -2.33. The zero-order chi connectivity index (χ0) is 39.2. The number of aliphatic hydroxyl groups excluding tert-OH is 1. The van der Waals surface area contributed by atoms with Gasteiger partial charge in [-0.1, -0.05) is 45.4 Å². The number of phenolic OH excluding ortho intramolecular Hbond substituents is 1. The topological polar surface area (TPSA) is 114 Å². The SMILES string of the molecule is CCCCOC(COc1cccc(OCC(COc2cccc(OC(C)(C)CC)c2)OCCCCOCC(C)O)c1)CC(C)(CC)Oc1cccc(O)c1. The molecule has 0 aliphatic heterocycles. The molecular formula is C44H66O10. The van der Waals surface area contributed by atoms with Gasteiger partial charge in [0.1, 0.15) is 71.6 Å². The van der Waals surface area contributed by atoms with Crippen LogP contribution in [0.25, 0.3) is 0 Å². The lowest BCUT2D eigenvalue weighted by atomic mass is 9.95. The van der Waals surface area contributed by atoms with E-state index in [4.69, 9.17) is 37.9 Å². The summed E-state index contributed by atoms with van der Waals surface area (Å²) in [6, 6.07) is 22.1. The Morgan fingerprint density at radius 3 is 1.69 bits per heavy atom. The number of phenols is 1. The molecule has 3 rings (SSSR count). The van der Waals surface area contributed by atoms with Gasteiger partial charge in [0.15, 0.2) is 0 Å². The Hall–Kier alpha value is -3.70. The highest BCUT2D eigenvalue weighted by atomic mass is 16.6. The van der Waals surface area contributed by atoms with Crippen molar-refractivity contribution in [2.45, 2.75) is 123 Å². The van der Waals surface area contributed by atoms with Gasteiger partial charge in [-0.2, -0.15) is 0 Å². The Morgan fingerprint density at radius 2 is 1.11 bits per heavy atom. The molecule has 0 amide bonds. The van der Waals surface area contributed by atoms with Gasteiger partial charge >= 0.3 is 0 Å². The molecule has 0 saturated heterocycles. The summed E-state index contributed by atoms with van der Waals surface area (Å²) >= 11 is 0. The number of rotatable bonds is 29. The summed E-state index contributed by atoms with van der Waals surface area (Å²) < 4.78 is 49.3. The molecule has 10 heteroatoms. The summed E-state index contributed by atoms with van der Waals surface area (Å²) in [7, 11) is 0. The van der Waals surface area contributed by atoms with E-state index >= 15 is 0 Å². The van der Waals surface area contributed by atoms with E-state index in [0.717, 1.165) is 44.3 Å². The maximum atomic E-state index is 9.96. The minimum atomic E-state index is -0.526. The summed E-state index contributed by atoms with van der Waals surface area (Å²) in [4.78, 5) is 0. The van der Waals surface area contributed by atoms with E-state index in [0.29, 0.717) is 62.5 Å². The van der Waals surface area contributed by atoms with Gasteiger partial charge in [-0.3, -0.25) is 0 Å². The Labute approximate surface area is 324 Å². The minimum Gasteiger partial charge on any atom is -0.508 e. The van der Waals surface area contributed by atoms with Crippen molar-refractivity contribution in [1.29, 1.82) is 0 Å². The monoisotopic (exact) mass is 754 g/mol. The van der Waals surface area contributed by atoms with Crippen molar-refractivity contribution in [3.63, 3.8) is 0 Å². The van der Waals surface area contributed by atoms with E-state index in [-0.39, 0.29) is 36.8 Å². The standard InChI is InChI=1S/C44H66O10/c1-8-11-24-48-41(29-44(7,10-3)54-39-21-14-17-35(46)26-39)31-50-36-18-15-19-37(27-36)51-32-42(49-25-13-12-23-47-30-34(4)45)33-52-38-20-16-22-40(28-38)53-43(5,6)9-2/h14-22,26-28,34,41-42,45-46H,8-13,23-25,29-33H2,1-7H3. The molecule has 0 bridgehead atoms. The normalized spacial score (nSPS) is 14.4. The van der Waals surface area contributed by atoms with Crippen LogP contribution in [0.1, 0.15) is 93.4 Å². The van der Waals surface area contributed by atoms with Gasteiger partial charge in [-0.15, -0.1) is 0 Å². The highest BCUT2D eigenvalue weighted by Crippen LogP contribution is 2.30. The molecule has 3 aromatic rings. The molecule has 2 N–H and O–H groups in total. The predicted octanol–water partition coefficient (Wildman–Crippen LogP) is 9.18. The van der Waals surface area contributed by atoms with Crippen LogP contribution in [0.4, 0.5) is 0 Å². The van der Waals surface area contributed by atoms with Gasteiger partial charge in [0.05, 0.1) is 18.8 Å². The van der Waals surface area contributed by atoms with Gasteiger partial charge < -0.3 is 48.1 Å². The van der Waals surface area contributed by atoms with Crippen LogP contribution in [0.15, 0.2) is 72.8 Å². The van der Waals surface area contributed by atoms with Crippen LogP contribution in [-0.4, -0.2) is 86.0 Å². The smallest absolute Gasteiger partial charge is 0.125 e. The number of unbranched alkanes of at least 4 members (excludes halogenated alkanes) is 2. The summed E-state index contributed by atoms with van der Waals surface area (Å²) in [5.74, 6) is 3.55. The zero-order valence-electron chi connectivity index (χ0n) is 33.7. The van der Waals surface area contributed by atoms with Gasteiger partial charge in [0, 0.05) is 44.4 Å². The van der Waals surface area contributed by atoms with Crippen LogP contribution < -0.4 is 23.7 Å². The number of aliphatic hydroxyl groups is 1. The Kier molecular flexibility index (Phi) is 19.8. The third-order valence-electron chi connectivity index (χ3n) is 9.00. The lowest BCUT2D eigenvalue weighted by molar-refractivity contribution is -0.0377. The van der Waals surface area contributed by atoms with Gasteiger partial charge in [0.25, 0.3) is 0 Å². The Balaban J connectivity index is 1.62. The minimum absolute atomic E-state index is 0.166. The van der Waals surface area contributed by atoms with Crippen molar-refractivity contribution in [2.24, 2.45) is 0 Å². The van der Waals surface area contributed by atoms with E-state index in [1.54, 1.807) is 25.1 Å². The first kappa shape index (κ1) is 44.7. The van der Waals surface area contributed by atoms with Crippen LogP contribution in [0.5, 0.6) is 34.5 Å². The van der Waals surface area contributed by atoms with Crippen LogP contribution in [0, 0.1) is 0 Å². The number of hydrogen-bond donors (Lipinski definition) is 2. The molecule has 4 unspecified atom stereocenters. The highest BCUT2D eigenvalue weighted by Gasteiger charge is 2.30. The Morgan fingerprint density at radius 1 is 0.593 bits per heavy atom. The molecule has 0 radical (unpaired) electrons. The second-order valence-electron chi connectivity index (χ2n) is 14.7. The molecule has 0 heterocycles. The summed E-state index contributed by atoms with van der Waals surface area (Å²) in [5.41, 5.74) is -0.807. The van der Waals surface area contributed by atoms with E-state index in [1.165, 1.54) is 0 Å². The maximum Gasteiger partial charge on any atom is 0.125 e. The van der Waals surface area contributed by atoms with Crippen molar-refractivity contribution >= 4 is 0 Å². The van der Waals surface area contributed by atoms with Gasteiger partial charge in [-0.25, -0.2) is 0 Å². The summed E-state index contributed by atoms with van der Waals surface area (Å²) in [6.45, 7) is 17.1. The van der Waals surface area contributed by atoms with Crippen LogP contribution in [0.3, 0.4) is 0 Å². The number of benzene rings is 3. The molecule has 0 fully saturated rings. The third kappa shape index (κ3) is 18.1. The number of ether oxygens (including phenoxy) is 8. The fourth-order valence-electron chi connectivity index (χ4n) is 5.33. The van der Waals surface area contributed by atoms with Crippen molar-refractivity contribution in [3.8, 4) is 34.5 Å². The number of aromatic hydroxyl groups is 1. The molecule has 0 saturated carbocycles. The number of hydrogen-bond acceptors (Lipinski definition) is 10. The summed E-state index contributed by atoms with van der Waals surface area (Å²) in [5, 5.41) is 19.4. The second kappa shape index (κ2) is 23.9. The highest BCUT2D eigenvalue weighted by molar-refractivity contribution is 5.34. The maximum absolute atomic E-state index is 9.96. The quantitative estimate of drug-likeness (QED) is 0.0665. The third-order valence-corrected chi connectivity index (χ3v) is 9.00. The predicted molar refractivity (Wildman–Crippen MR) is 213 cm³/mol. The van der Waals surface area contributed by atoms with Crippen LogP contribution in [-0.2, 0) is 14.2 Å². The molecule has 54 heavy (non-hydrogen) atoms. The first-order valence-electron chi connectivity index (χ1n) is 19.7. The first-order chi connectivity index (χ1) is 25.9. The van der Waals surface area contributed by atoms with Crippen LogP contribution in [0.2, 0.25) is 0 Å². The lowest BCUT2D eigenvalue weighted by Crippen LogP contribution is -2.39. The molecular weight excluding hydrogens is 688 g/mol. The second-order valence-corrected chi connectivity index (χ2v) is 14.7. The zero-order valence-corrected chi connectivity index (χ0v) is 33.7. The molecule has 302 valence electrons. The van der Waals surface area contributed by atoms with Crippen molar-refractivity contribution in [2.75, 3.05) is 46.2 Å². The molecule has 10 nitrogen and oxygen atoms in total. The van der Waals surface area contributed by atoms with Crippen molar-refractivity contribution in [1.82, 2.24) is 0 Å². The van der Waals surface area contributed by atoms with Crippen LogP contribution >= 0.6 is 0 Å². The summed E-state index contributed by atoms with van der Waals surface area (Å²) in [6.07, 6.45) is 4.79. The fraction of sp³-hybridized carbons (Fsp3) is 0.591. The largest absolute Gasteiger partial charge is 0.508 e. The molecule has 0 spiro atoms. The molecule has 3 aromatic carbocycles. The van der Waals surface area contributed by atoms with E-state index in [2.05, 4.69) is 41.5 Å². The van der Waals surface area contributed by atoms with Crippen molar-refractivity contribution in [3.05, 3.63) is 72.8 Å². The average Bonchev–Trinajstić information content (AvgIpc) is 3.14. The van der Waals surface area contributed by atoms with E-state index < -0.39 is 11.7 Å². The molecule has 0 aromatic heterocycles. The first-order valence-corrected chi connectivity index (χ1v) is 19.7. The molecule has 0 aliphatic rings. The van der Waals surface area contributed by atoms with E-state index in [9.17, 15) is 10.2 Å². The molecule has 4 atom stereocenters. The average molecular weight is 755 g/mol. The van der Waals surface area contributed by atoms with Crippen molar-refractivity contribution < 1.29 is 48.1 Å². The van der Waals surface area contributed by atoms with Gasteiger partial charge in [-0.05, 0) is 96.2 Å². The van der Waals surface area contributed by atoms with E-state index in [1.807, 2.05) is 54.6 Å². The van der Waals surface area contributed by atoms with Gasteiger partial charge in [0.2, 0.25) is 0 Å². The fourth-order valence-corrected chi connectivity index (χ4v) is 5.33. The Bertz CT molecular complexity index is 1450.